The number of nitrogens with one attached hydrogen (secondary N) is 3. The predicted octanol–water partition coefficient (Wildman–Crippen LogP) is 2.54. The van der Waals surface area contributed by atoms with Crippen molar-refractivity contribution in [2.75, 3.05) is 25.6 Å². The van der Waals surface area contributed by atoms with Gasteiger partial charge in [0, 0.05) is 25.1 Å². The fourth-order valence-corrected chi connectivity index (χ4v) is 4.43. The molecule has 5 N–H and O–H groups in total. The van der Waals surface area contributed by atoms with Gasteiger partial charge in [-0.25, -0.2) is 4.39 Å². The van der Waals surface area contributed by atoms with E-state index >= 15 is 0 Å². The second kappa shape index (κ2) is 7.44. The zero-order chi connectivity index (χ0) is 20.8. The van der Waals surface area contributed by atoms with Crippen LogP contribution in [0.5, 0.6) is 0 Å². The Hall–Kier alpha value is -2.42. The molecule has 1 aromatic rings. The van der Waals surface area contributed by atoms with Gasteiger partial charge in [-0.3, -0.25) is 10.2 Å². The molecular weight excluding hydrogens is 399 g/mol. The van der Waals surface area contributed by atoms with Gasteiger partial charge in [-0.15, -0.1) is 0 Å². The lowest BCUT2D eigenvalue weighted by Crippen LogP contribution is -2.52. The normalized spacial score (nSPS) is 25.0. The van der Waals surface area contributed by atoms with E-state index in [-0.39, 0.29) is 34.0 Å². The number of rotatable bonds is 5. The van der Waals surface area contributed by atoms with Crippen LogP contribution in [-0.2, 0) is 14.3 Å². The number of amides is 1. The summed E-state index contributed by atoms with van der Waals surface area (Å²) in [6.45, 7) is 1.16. The van der Waals surface area contributed by atoms with Gasteiger partial charge in [-0.2, -0.15) is 0 Å². The van der Waals surface area contributed by atoms with E-state index in [0.29, 0.717) is 25.3 Å². The van der Waals surface area contributed by atoms with Crippen molar-refractivity contribution in [3.63, 3.8) is 0 Å². The summed E-state index contributed by atoms with van der Waals surface area (Å²) in [5, 5.41) is 13.9. The molecule has 154 valence electrons. The Balaban J connectivity index is 1.53. The van der Waals surface area contributed by atoms with Crippen LogP contribution in [-0.4, -0.2) is 37.7 Å². The maximum atomic E-state index is 13.4. The first-order chi connectivity index (χ1) is 13.8. The largest absolute Gasteiger partial charge is 0.385 e. The quantitative estimate of drug-likeness (QED) is 0.432. The summed E-state index contributed by atoms with van der Waals surface area (Å²) in [7, 11) is 1.58. The third kappa shape index (κ3) is 3.41. The van der Waals surface area contributed by atoms with E-state index in [9.17, 15) is 9.18 Å². The number of hydrogen-bond donors (Lipinski definition) is 4. The topological polar surface area (TPSA) is 109 Å². The summed E-state index contributed by atoms with van der Waals surface area (Å²) in [6.07, 6.45) is 3.35. The van der Waals surface area contributed by atoms with Crippen molar-refractivity contribution in [3.8, 4) is 0 Å². The highest BCUT2D eigenvalue weighted by Gasteiger charge is 2.59. The zero-order valence-electron chi connectivity index (χ0n) is 15.9. The molecule has 1 aromatic carbocycles. The summed E-state index contributed by atoms with van der Waals surface area (Å²) in [5.74, 6) is -1.22. The van der Waals surface area contributed by atoms with Crippen molar-refractivity contribution in [2.24, 2.45) is 17.6 Å². The number of anilines is 1. The summed E-state index contributed by atoms with van der Waals surface area (Å²) >= 11 is 5.78. The van der Waals surface area contributed by atoms with Crippen molar-refractivity contribution < 1.29 is 18.7 Å². The molecule has 9 heteroatoms. The van der Waals surface area contributed by atoms with E-state index in [1.165, 1.54) is 12.1 Å². The van der Waals surface area contributed by atoms with Crippen LogP contribution in [0, 0.1) is 23.1 Å². The van der Waals surface area contributed by atoms with Crippen molar-refractivity contribution in [2.45, 2.75) is 18.6 Å². The smallest absolute Gasteiger partial charge is 0.261 e. The first-order valence-electron chi connectivity index (χ1n) is 9.36. The highest BCUT2D eigenvalue weighted by Crippen LogP contribution is 2.56. The van der Waals surface area contributed by atoms with Crippen LogP contribution in [0.15, 0.2) is 41.2 Å². The maximum Gasteiger partial charge on any atom is 0.261 e. The number of ether oxygens (including phenoxy) is 2. The number of fused-ring (bicyclic) bond motifs is 2. The minimum atomic E-state index is -0.584. The molecule has 1 amide bonds. The van der Waals surface area contributed by atoms with E-state index in [2.05, 4.69) is 10.6 Å². The summed E-state index contributed by atoms with van der Waals surface area (Å²) in [6, 6.07) is 3.86. The van der Waals surface area contributed by atoms with Gasteiger partial charge in [0.25, 0.3) is 5.91 Å². The fraction of sp³-hybridized carbons (Fsp3) is 0.400. The molecule has 1 spiro atoms. The van der Waals surface area contributed by atoms with Crippen LogP contribution in [0.2, 0.25) is 5.02 Å². The molecule has 1 saturated heterocycles. The van der Waals surface area contributed by atoms with Gasteiger partial charge in [-0.05, 0) is 36.1 Å². The van der Waals surface area contributed by atoms with Crippen LogP contribution >= 0.6 is 11.6 Å². The van der Waals surface area contributed by atoms with Crippen molar-refractivity contribution >= 4 is 28.9 Å². The Kier molecular flexibility index (Phi) is 5.10. The molecule has 0 radical (unpaired) electrons. The first kappa shape index (κ1) is 19.9. The summed E-state index contributed by atoms with van der Waals surface area (Å²) in [5.41, 5.74) is 7.10. The van der Waals surface area contributed by atoms with E-state index in [1.54, 1.807) is 7.05 Å². The molecule has 1 saturated carbocycles. The minimum Gasteiger partial charge on any atom is -0.385 e. The van der Waals surface area contributed by atoms with Crippen LogP contribution in [0.25, 0.3) is 0 Å². The van der Waals surface area contributed by atoms with Gasteiger partial charge in [0.1, 0.15) is 17.2 Å². The lowest BCUT2D eigenvalue weighted by molar-refractivity contribution is -0.262. The first-order valence-corrected chi connectivity index (χ1v) is 9.74. The van der Waals surface area contributed by atoms with Crippen LogP contribution in [0.4, 0.5) is 10.1 Å². The van der Waals surface area contributed by atoms with E-state index in [0.717, 1.165) is 18.1 Å². The lowest BCUT2D eigenvalue weighted by Gasteiger charge is -2.47. The van der Waals surface area contributed by atoms with Gasteiger partial charge in [-0.1, -0.05) is 17.7 Å². The van der Waals surface area contributed by atoms with Gasteiger partial charge < -0.3 is 25.8 Å². The standard InChI is InChI=1S/C20H22ClFN4O3/c1-25-18(24)16(19(27)26-12-2-3-15(22)14(21)8-12)17(23)10-6-11-9-20(13(11)7-10)28-4-5-29-20/h2-3,6,8,11,13,23,25H,4-5,7,9,24H2,1H3,(H,26,27)/b18-16+,23-17?. The van der Waals surface area contributed by atoms with E-state index < -0.39 is 17.5 Å². The number of nitrogens with two attached hydrogens (primary N) is 1. The Morgan fingerprint density at radius 2 is 2.10 bits per heavy atom. The van der Waals surface area contributed by atoms with Gasteiger partial charge in [0.2, 0.25) is 0 Å². The molecule has 2 unspecified atom stereocenters. The Bertz CT molecular complexity index is 940. The van der Waals surface area contributed by atoms with Crippen LogP contribution < -0.4 is 16.4 Å². The molecule has 0 aromatic heterocycles. The molecule has 0 bridgehead atoms. The monoisotopic (exact) mass is 420 g/mol. The van der Waals surface area contributed by atoms with Crippen LogP contribution in [0.3, 0.4) is 0 Å². The number of allylic oxidation sites excluding steroid dienone is 2. The Morgan fingerprint density at radius 1 is 1.38 bits per heavy atom. The molecule has 4 rings (SSSR count). The van der Waals surface area contributed by atoms with Gasteiger partial charge in [0.15, 0.2) is 5.79 Å². The lowest BCUT2D eigenvalue weighted by atomic mass is 9.69. The highest BCUT2D eigenvalue weighted by molar-refractivity contribution is 6.32. The Labute approximate surface area is 172 Å². The second-order valence-corrected chi connectivity index (χ2v) is 7.78. The van der Waals surface area contributed by atoms with Gasteiger partial charge in [0.05, 0.1) is 23.9 Å². The second-order valence-electron chi connectivity index (χ2n) is 7.38. The van der Waals surface area contributed by atoms with Crippen LogP contribution in [0.1, 0.15) is 12.8 Å². The molecule has 2 fully saturated rings. The van der Waals surface area contributed by atoms with Crippen molar-refractivity contribution in [3.05, 3.63) is 52.1 Å². The molecule has 29 heavy (non-hydrogen) atoms. The highest BCUT2D eigenvalue weighted by atomic mass is 35.5. The minimum absolute atomic E-state index is 0.0165. The maximum absolute atomic E-state index is 13.4. The predicted molar refractivity (Wildman–Crippen MR) is 107 cm³/mol. The zero-order valence-corrected chi connectivity index (χ0v) is 16.6. The number of carbonyl (C=O) groups excluding carboxylic acids is 1. The molecule has 2 aliphatic carbocycles. The SMILES string of the molecule is CN/C(N)=C(\C(=N)C1=CC2CC3(OCCO3)C2C1)C(=O)Nc1ccc(F)c(Cl)c1. The van der Waals surface area contributed by atoms with Gasteiger partial charge >= 0.3 is 0 Å². The summed E-state index contributed by atoms with van der Waals surface area (Å²) < 4.78 is 25.0. The molecular formula is C20H22ClFN4O3. The van der Waals surface area contributed by atoms with Crippen molar-refractivity contribution in [1.29, 1.82) is 5.41 Å². The third-order valence-electron chi connectivity index (χ3n) is 5.75. The number of halogens is 2. The number of hydrogen-bond acceptors (Lipinski definition) is 6. The van der Waals surface area contributed by atoms with E-state index in [4.69, 9.17) is 32.2 Å². The van der Waals surface area contributed by atoms with Crippen molar-refractivity contribution in [1.82, 2.24) is 5.32 Å². The molecule has 2 atom stereocenters. The molecule has 1 aliphatic heterocycles. The third-order valence-corrected chi connectivity index (χ3v) is 6.04. The molecule has 3 aliphatic rings. The number of carbonyl (C=O) groups is 1. The summed E-state index contributed by atoms with van der Waals surface area (Å²) in [4.78, 5) is 12.9. The molecule has 7 nitrogen and oxygen atoms in total. The number of benzene rings is 1. The molecule has 1 heterocycles. The van der Waals surface area contributed by atoms with E-state index in [1.807, 2.05) is 6.08 Å². The fourth-order valence-electron chi connectivity index (χ4n) is 4.24. The Morgan fingerprint density at radius 3 is 2.76 bits per heavy atom. The average molecular weight is 421 g/mol. The average Bonchev–Trinajstić information content (AvgIpc) is 3.30.